The van der Waals surface area contributed by atoms with Crippen LogP contribution in [0.2, 0.25) is 0 Å². The van der Waals surface area contributed by atoms with Gasteiger partial charge in [0.15, 0.2) is 0 Å². The lowest BCUT2D eigenvalue weighted by molar-refractivity contribution is -0.117. The number of carbonyl (C=O) groups excluding carboxylic acids is 2. The number of nitrogens with one attached hydrogen (secondary N) is 2. The standard InChI is InChI=1S/C22H22FN3O3/c1-15-7-12-18(29-15)13-26(2)14-21(27)25-20-6-4-3-5-19(20)22(28)24-17-10-8-16(23)9-11-17/h3-12H,13-14H2,1-2H3,(H,24,28)(H,25,27). The lowest BCUT2D eigenvalue weighted by atomic mass is 10.1. The van der Waals surface area contributed by atoms with Crippen molar-refractivity contribution in [1.82, 2.24) is 4.90 Å². The first-order chi connectivity index (χ1) is 13.9. The van der Waals surface area contributed by atoms with Crippen molar-refractivity contribution in [2.24, 2.45) is 0 Å². The maximum absolute atomic E-state index is 13.0. The van der Waals surface area contributed by atoms with Gasteiger partial charge in [-0.25, -0.2) is 4.39 Å². The van der Waals surface area contributed by atoms with Gasteiger partial charge >= 0.3 is 0 Å². The zero-order valence-electron chi connectivity index (χ0n) is 16.2. The molecule has 0 bridgehead atoms. The monoisotopic (exact) mass is 395 g/mol. The molecule has 0 saturated heterocycles. The number of benzene rings is 2. The van der Waals surface area contributed by atoms with Gasteiger partial charge in [-0.05, 0) is 62.5 Å². The van der Waals surface area contributed by atoms with E-state index in [2.05, 4.69) is 10.6 Å². The Morgan fingerprint density at radius 2 is 1.72 bits per heavy atom. The Balaban J connectivity index is 1.62. The molecule has 0 fully saturated rings. The Labute approximate surface area is 168 Å². The highest BCUT2D eigenvalue weighted by Gasteiger charge is 2.15. The fourth-order valence-corrected chi connectivity index (χ4v) is 2.85. The number of likely N-dealkylation sites (N-methyl/N-ethyl adjacent to an activating group) is 1. The quantitative estimate of drug-likeness (QED) is 0.633. The van der Waals surface area contributed by atoms with E-state index in [-0.39, 0.29) is 18.3 Å². The van der Waals surface area contributed by atoms with E-state index in [4.69, 9.17) is 4.42 Å². The first-order valence-corrected chi connectivity index (χ1v) is 9.10. The van der Waals surface area contributed by atoms with Gasteiger partial charge in [0, 0.05) is 5.69 Å². The smallest absolute Gasteiger partial charge is 0.257 e. The molecule has 3 aromatic rings. The second-order valence-corrected chi connectivity index (χ2v) is 6.74. The van der Waals surface area contributed by atoms with Gasteiger partial charge < -0.3 is 15.1 Å². The summed E-state index contributed by atoms with van der Waals surface area (Å²) in [7, 11) is 1.81. The number of carbonyl (C=O) groups is 2. The Morgan fingerprint density at radius 1 is 1.00 bits per heavy atom. The summed E-state index contributed by atoms with van der Waals surface area (Å²) in [4.78, 5) is 26.8. The third kappa shape index (κ3) is 5.76. The van der Waals surface area contributed by atoms with E-state index in [1.54, 1.807) is 24.3 Å². The van der Waals surface area contributed by atoms with Crippen LogP contribution in [0.3, 0.4) is 0 Å². The van der Waals surface area contributed by atoms with Crippen LogP contribution in [0, 0.1) is 12.7 Å². The van der Waals surface area contributed by atoms with E-state index in [0.29, 0.717) is 23.5 Å². The molecule has 2 N–H and O–H groups in total. The Morgan fingerprint density at radius 3 is 2.41 bits per heavy atom. The molecule has 7 heteroatoms. The number of nitrogens with zero attached hydrogens (tertiary/aromatic N) is 1. The van der Waals surface area contributed by atoms with E-state index in [1.807, 2.05) is 31.0 Å². The normalized spacial score (nSPS) is 10.8. The van der Waals surface area contributed by atoms with Gasteiger partial charge in [-0.3, -0.25) is 14.5 Å². The third-order valence-electron chi connectivity index (χ3n) is 4.18. The van der Waals surface area contributed by atoms with Crippen molar-refractivity contribution in [2.75, 3.05) is 24.2 Å². The SMILES string of the molecule is Cc1ccc(CN(C)CC(=O)Nc2ccccc2C(=O)Nc2ccc(F)cc2)o1. The highest BCUT2D eigenvalue weighted by molar-refractivity contribution is 6.10. The molecule has 0 aliphatic heterocycles. The van der Waals surface area contributed by atoms with Crippen LogP contribution in [-0.4, -0.2) is 30.3 Å². The lowest BCUT2D eigenvalue weighted by Crippen LogP contribution is -2.30. The summed E-state index contributed by atoms with van der Waals surface area (Å²) >= 11 is 0. The van der Waals surface area contributed by atoms with Gasteiger partial charge in [-0.1, -0.05) is 12.1 Å². The number of hydrogen-bond acceptors (Lipinski definition) is 4. The molecule has 0 aliphatic carbocycles. The molecule has 0 unspecified atom stereocenters. The van der Waals surface area contributed by atoms with Crippen molar-refractivity contribution in [3.63, 3.8) is 0 Å². The van der Waals surface area contributed by atoms with Crippen LogP contribution >= 0.6 is 0 Å². The average Bonchev–Trinajstić information content (AvgIpc) is 3.08. The van der Waals surface area contributed by atoms with Crippen molar-refractivity contribution >= 4 is 23.2 Å². The third-order valence-corrected chi connectivity index (χ3v) is 4.18. The fourth-order valence-electron chi connectivity index (χ4n) is 2.85. The van der Waals surface area contributed by atoms with E-state index in [9.17, 15) is 14.0 Å². The molecule has 2 aromatic carbocycles. The molecular weight excluding hydrogens is 373 g/mol. The maximum atomic E-state index is 13.0. The van der Waals surface area contributed by atoms with Gasteiger partial charge in [0.2, 0.25) is 5.91 Å². The van der Waals surface area contributed by atoms with Gasteiger partial charge in [0.1, 0.15) is 17.3 Å². The topological polar surface area (TPSA) is 74.6 Å². The summed E-state index contributed by atoms with van der Waals surface area (Å²) in [6.45, 7) is 2.49. The molecule has 0 aliphatic rings. The second kappa shape index (κ2) is 9.16. The first-order valence-electron chi connectivity index (χ1n) is 9.10. The zero-order chi connectivity index (χ0) is 20.8. The van der Waals surface area contributed by atoms with Crippen molar-refractivity contribution < 1.29 is 18.4 Å². The van der Waals surface area contributed by atoms with Crippen molar-refractivity contribution in [3.8, 4) is 0 Å². The Kier molecular flexibility index (Phi) is 6.41. The number of furan rings is 1. The molecule has 3 rings (SSSR count). The molecule has 150 valence electrons. The summed E-state index contributed by atoms with van der Waals surface area (Å²) in [5.41, 5.74) is 1.18. The van der Waals surface area contributed by atoms with Gasteiger partial charge in [0.05, 0.1) is 24.3 Å². The summed E-state index contributed by atoms with van der Waals surface area (Å²) < 4.78 is 18.5. The number of para-hydroxylation sites is 1. The fraction of sp³-hybridized carbons (Fsp3) is 0.182. The van der Waals surface area contributed by atoms with Crippen LogP contribution < -0.4 is 10.6 Å². The number of aryl methyl sites for hydroxylation is 1. The molecular formula is C22H22FN3O3. The van der Waals surface area contributed by atoms with Gasteiger partial charge in [0.25, 0.3) is 5.91 Å². The van der Waals surface area contributed by atoms with Crippen LogP contribution in [-0.2, 0) is 11.3 Å². The van der Waals surface area contributed by atoms with E-state index < -0.39 is 5.91 Å². The minimum Gasteiger partial charge on any atom is -0.465 e. The Hall–Kier alpha value is -3.45. The van der Waals surface area contributed by atoms with E-state index >= 15 is 0 Å². The summed E-state index contributed by atoms with van der Waals surface area (Å²) in [5, 5.41) is 5.47. The highest BCUT2D eigenvalue weighted by atomic mass is 19.1. The lowest BCUT2D eigenvalue weighted by Gasteiger charge is -2.16. The minimum atomic E-state index is -0.396. The number of hydrogen-bond donors (Lipinski definition) is 2. The minimum absolute atomic E-state index is 0.133. The van der Waals surface area contributed by atoms with Crippen LogP contribution in [0.15, 0.2) is 65.1 Å². The summed E-state index contributed by atoms with van der Waals surface area (Å²) in [5.74, 6) is 0.560. The molecule has 0 saturated carbocycles. The average molecular weight is 395 g/mol. The second-order valence-electron chi connectivity index (χ2n) is 6.74. The highest BCUT2D eigenvalue weighted by Crippen LogP contribution is 2.18. The molecule has 1 heterocycles. The molecule has 1 aromatic heterocycles. The molecule has 6 nitrogen and oxygen atoms in total. The summed E-state index contributed by atoms with van der Waals surface area (Å²) in [6, 6.07) is 15.9. The number of halogens is 1. The van der Waals surface area contributed by atoms with Crippen LogP contribution in [0.25, 0.3) is 0 Å². The summed E-state index contributed by atoms with van der Waals surface area (Å²) in [6.07, 6.45) is 0. The van der Waals surface area contributed by atoms with Crippen LogP contribution in [0.5, 0.6) is 0 Å². The molecule has 0 radical (unpaired) electrons. The van der Waals surface area contributed by atoms with Crippen LogP contribution in [0.1, 0.15) is 21.9 Å². The first kappa shape index (κ1) is 20.3. The maximum Gasteiger partial charge on any atom is 0.257 e. The van der Waals surface area contributed by atoms with Gasteiger partial charge in [-0.15, -0.1) is 0 Å². The Bertz CT molecular complexity index is 999. The molecule has 0 atom stereocenters. The number of amides is 2. The number of rotatable bonds is 7. The molecule has 29 heavy (non-hydrogen) atoms. The largest absolute Gasteiger partial charge is 0.465 e. The van der Waals surface area contributed by atoms with Crippen molar-refractivity contribution in [3.05, 3.63) is 83.6 Å². The predicted molar refractivity (Wildman–Crippen MR) is 109 cm³/mol. The molecule has 2 amide bonds. The van der Waals surface area contributed by atoms with Crippen molar-refractivity contribution in [1.29, 1.82) is 0 Å². The van der Waals surface area contributed by atoms with E-state index in [1.165, 1.54) is 24.3 Å². The molecule has 0 spiro atoms. The van der Waals surface area contributed by atoms with Crippen LogP contribution in [0.4, 0.5) is 15.8 Å². The van der Waals surface area contributed by atoms with Crippen molar-refractivity contribution in [2.45, 2.75) is 13.5 Å². The van der Waals surface area contributed by atoms with Gasteiger partial charge in [-0.2, -0.15) is 0 Å². The number of anilines is 2. The van der Waals surface area contributed by atoms with E-state index in [0.717, 1.165) is 11.5 Å². The zero-order valence-corrected chi connectivity index (χ0v) is 16.2. The predicted octanol–water partition coefficient (Wildman–Crippen LogP) is 4.05.